The SMILES string of the molecule is COCCOCCOCC(C)CNC(C)(C)C. The normalized spacial score (nSPS) is 13.9. The minimum atomic E-state index is 0.178. The second-order valence-electron chi connectivity index (χ2n) is 5.42. The third-order valence-electron chi connectivity index (χ3n) is 2.19. The maximum Gasteiger partial charge on any atom is 0.0701 e. The van der Waals surface area contributed by atoms with Crippen molar-refractivity contribution in [1.29, 1.82) is 0 Å². The molecule has 0 saturated heterocycles. The summed E-state index contributed by atoms with van der Waals surface area (Å²) in [5, 5.41) is 3.46. The molecule has 17 heavy (non-hydrogen) atoms. The lowest BCUT2D eigenvalue weighted by Gasteiger charge is -2.23. The summed E-state index contributed by atoms with van der Waals surface area (Å²) < 4.78 is 15.7. The molecule has 0 fully saturated rings. The van der Waals surface area contributed by atoms with E-state index in [1.807, 2.05) is 0 Å². The van der Waals surface area contributed by atoms with E-state index >= 15 is 0 Å². The van der Waals surface area contributed by atoms with E-state index in [2.05, 4.69) is 33.0 Å². The molecule has 0 aromatic carbocycles. The smallest absolute Gasteiger partial charge is 0.0701 e. The van der Waals surface area contributed by atoms with Crippen LogP contribution in [0.15, 0.2) is 0 Å². The Morgan fingerprint density at radius 1 is 1.00 bits per heavy atom. The van der Waals surface area contributed by atoms with Gasteiger partial charge in [0.05, 0.1) is 33.0 Å². The average Bonchev–Trinajstić information content (AvgIpc) is 2.24. The van der Waals surface area contributed by atoms with Gasteiger partial charge in [-0.3, -0.25) is 0 Å². The van der Waals surface area contributed by atoms with Crippen LogP contribution >= 0.6 is 0 Å². The molecular weight excluding hydrogens is 218 g/mol. The number of hydrogen-bond donors (Lipinski definition) is 1. The lowest BCUT2D eigenvalue weighted by Crippen LogP contribution is -2.39. The van der Waals surface area contributed by atoms with Crippen LogP contribution < -0.4 is 5.32 Å². The molecule has 0 aliphatic rings. The third-order valence-corrected chi connectivity index (χ3v) is 2.19. The Balaban J connectivity index is 3.25. The van der Waals surface area contributed by atoms with Crippen molar-refractivity contribution in [2.24, 2.45) is 5.92 Å². The van der Waals surface area contributed by atoms with E-state index in [1.165, 1.54) is 0 Å². The molecule has 104 valence electrons. The van der Waals surface area contributed by atoms with Crippen molar-refractivity contribution in [1.82, 2.24) is 5.32 Å². The van der Waals surface area contributed by atoms with Gasteiger partial charge in [-0.2, -0.15) is 0 Å². The molecule has 0 aliphatic heterocycles. The molecule has 0 heterocycles. The molecule has 0 saturated carbocycles. The Hall–Kier alpha value is -0.160. The van der Waals surface area contributed by atoms with Gasteiger partial charge in [0.25, 0.3) is 0 Å². The van der Waals surface area contributed by atoms with Crippen molar-refractivity contribution in [3.63, 3.8) is 0 Å². The predicted octanol–water partition coefficient (Wildman–Crippen LogP) is 1.69. The summed E-state index contributed by atoms with van der Waals surface area (Å²) in [4.78, 5) is 0. The molecule has 1 unspecified atom stereocenters. The molecule has 0 amide bonds. The molecule has 1 N–H and O–H groups in total. The molecule has 4 nitrogen and oxygen atoms in total. The van der Waals surface area contributed by atoms with Crippen molar-refractivity contribution in [2.45, 2.75) is 33.2 Å². The van der Waals surface area contributed by atoms with Crippen LogP contribution in [0, 0.1) is 5.92 Å². The van der Waals surface area contributed by atoms with Gasteiger partial charge in [0.15, 0.2) is 0 Å². The van der Waals surface area contributed by atoms with Crippen molar-refractivity contribution < 1.29 is 14.2 Å². The van der Waals surface area contributed by atoms with E-state index in [9.17, 15) is 0 Å². The minimum Gasteiger partial charge on any atom is -0.382 e. The van der Waals surface area contributed by atoms with E-state index in [1.54, 1.807) is 7.11 Å². The van der Waals surface area contributed by atoms with Gasteiger partial charge in [0.1, 0.15) is 0 Å². The first kappa shape index (κ1) is 16.8. The van der Waals surface area contributed by atoms with Gasteiger partial charge in [-0.1, -0.05) is 6.92 Å². The highest BCUT2D eigenvalue weighted by Crippen LogP contribution is 2.01. The van der Waals surface area contributed by atoms with E-state index < -0.39 is 0 Å². The summed E-state index contributed by atoms with van der Waals surface area (Å²) in [6.07, 6.45) is 0. The number of nitrogens with one attached hydrogen (secondary N) is 1. The van der Waals surface area contributed by atoms with Crippen LogP contribution in [-0.2, 0) is 14.2 Å². The van der Waals surface area contributed by atoms with E-state index in [-0.39, 0.29) is 5.54 Å². The Labute approximate surface area is 106 Å². The average molecular weight is 247 g/mol. The summed E-state index contributed by atoms with van der Waals surface area (Å²) in [6.45, 7) is 13.0. The van der Waals surface area contributed by atoms with Gasteiger partial charge in [-0.25, -0.2) is 0 Å². The fourth-order valence-electron chi connectivity index (χ4n) is 1.19. The second kappa shape index (κ2) is 9.83. The van der Waals surface area contributed by atoms with Gasteiger partial charge in [-0.05, 0) is 26.7 Å². The van der Waals surface area contributed by atoms with Crippen molar-refractivity contribution >= 4 is 0 Å². The minimum absolute atomic E-state index is 0.178. The van der Waals surface area contributed by atoms with Crippen LogP contribution in [0.3, 0.4) is 0 Å². The summed E-state index contributed by atoms with van der Waals surface area (Å²) in [5.41, 5.74) is 0.178. The van der Waals surface area contributed by atoms with Crippen molar-refractivity contribution in [3.05, 3.63) is 0 Å². The molecule has 0 radical (unpaired) electrons. The van der Waals surface area contributed by atoms with Gasteiger partial charge >= 0.3 is 0 Å². The lowest BCUT2D eigenvalue weighted by atomic mass is 10.1. The zero-order valence-corrected chi connectivity index (χ0v) is 12.0. The van der Waals surface area contributed by atoms with E-state index in [0.717, 1.165) is 13.2 Å². The number of methoxy groups -OCH3 is 1. The number of ether oxygens (including phenoxy) is 3. The van der Waals surface area contributed by atoms with Crippen LogP contribution in [0.4, 0.5) is 0 Å². The van der Waals surface area contributed by atoms with Crippen LogP contribution in [0.1, 0.15) is 27.7 Å². The Morgan fingerprint density at radius 2 is 1.59 bits per heavy atom. The Bertz CT molecular complexity index is 169. The molecule has 0 aliphatic carbocycles. The lowest BCUT2D eigenvalue weighted by molar-refractivity contribution is 0.0167. The van der Waals surface area contributed by atoms with Crippen LogP contribution in [-0.4, -0.2) is 52.2 Å². The van der Waals surface area contributed by atoms with Crippen LogP contribution in [0.5, 0.6) is 0 Å². The largest absolute Gasteiger partial charge is 0.382 e. The van der Waals surface area contributed by atoms with Gasteiger partial charge in [0.2, 0.25) is 0 Å². The predicted molar refractivity (Wildman–Crippen MR) is 70.4 cm³/mol. The molecule has 0 aromatic rings. The van der Waals surface area contributed by atoms with Gasteiger partial charge < -0.3 is 19.5 Å². The number of rotatable bonds is 10. The second-order valence-corrected chi connectivity index (χ2v) is 5.42. The first-order chi connectivity index (χ1) is 7.95. The standard InChI is InChI=1S/C13H29NO3/c1-12(10-14-13(2,3)4)11-17-9-8-16-7-6-15-5/h12,14H,6-11H2,1-5H3. The zero-order valence-electron chi connectivity index (χ0n) is 12.0. The first-order valence-corrected chi connectivity index (χ1v) is 6.35. The topological polar surface area (TPSA) is 39.7 Å². The molecule has 0 spiro atoms. The zero-order chi connectivity index (χ0) is 13.1. The quantitative estimate of drug-likeness (QED) is 0.596. The van der Waals surface area contributed by atoms with E-state index in [4.69, 9.17) is 14.2 Å². The van der Waals surface area contributed by atoms with Gasteiger partial charge in [-0.15, -0.1) is 0 Å². The van der Waals surface area contributed by atoms with Crippen LogP contribution in [0.2, 0.25) is 0 Å². The third kappa shape index (κ3) is 13.8. The highest BCUT2D eigenvalue weighted by molar-refractivity contribution is 4.71. The summed E-state index contributed by atoms with van der Waals surface area (Å²) >= 11 is 0. The maximum atomic E-state index is 5.54. The summed E-state index contributed by atoms with van der Waals surface area (Å²) in [5.74, 6) is 0.521. The molecule has 1 atom stereocenters. The molecule has 0 bridgehead atoms. The Kier molecular flexibility index (Phi) is 9.74. The van der Waals surface area contributed by atoms with Crippen molar-refractivity contribution in [3.8, 4) is 0 Å². The summed E-state index contributed by atoms with van der Waals surface area (Å²) in [6, 6.07) is 0. The molecule has 4 heteroatoms. The monoisotopic (exact) mass is 247 g/mol. The maximum absolute atomic E-state index is 5.54. The number of hydrogen-bond acceptors (Lipinski definition) is 4. The Morgan fingerprint density at radius 3 is 2.18 bits per heavy atom. The van der Waals surface area contributed by atoms with Crippen molar-refractivity contribution in [2.75, 3.05) is 46.7 Å². The van der Waals surface area contributed by atoms with Gasteiger partial charge in [0, 0.05) is 19.2 Å². The highest BCUT2D eigenvalue weighted by atomic mass is 16.5. The van der Waals surface area contributed by atoms with E-state index in [0.29, 0.717) is 32.3 Å². The molecular formula is C13H29NO3. The first-order valence-electron chi connectivity index (χ1n) is 6.35. The molecule has 0 aromatic heterocycles. The summed E-state index contributed by atoms with van der Waals surface area (Å²) in [7, 11) is 1.67. The fraction of sp³-hybridized carbons (Fsp3) is 1.00. The highest BCUT2D eigenvalue weighted by Gasteiger charge is 2.10. The molecule has 0 rings (SSSR count). The van der Waals surface area contributed by atoms with Crippen LogP contribution in [0.25, 0.3) is 0 Å². The fourth-order valence-corrected chi connectivity index (χ4v) is 1.19.